The Labute approximate surface area is 54.2 Å². The fourth-order valence-corrected chi connectivity index (χ4v) is 1.28. The Bertz CT molecular complexity index is 112. The summed E-state index contributed by atoms with van der Waals surface area (Å²) in [6.45, 7) is 1.58. The van der Waals surface area contributed by atoms with Gasteiger partial charge in [-0.15, -0.1) is 9.42 Å². The van der Waals surface area contributed by atoms with Gasteiger partial charge in [-0.05, 0) is 13.0 Å². The van der Waals surface area contributed by atoms with Gasteiger partial charge in [-0.3, -0.25) is 0 Å². The van der Waals surface area contributed by atoms with Crippen molar-refractivity contribution in [3.05, 3.63) is 0 Å². The molecule has 0 bridgehead atoms. The summed E-state index contributed by atoms with van der Waals surface area (Å²) in [6, 6.07) is 0. The summed E-state index contributed by atoms with van der Waals surface area (Å²) in [4.78, 5) is 8.27. The molecule has 0 spiro atoms. The summed E-state index contributed by atoms with van der Waals surface area (Å²) >= 11 is 0. The van der Waals surface area contributed by atoms with Crippen molar-refractivity contribution in [2.75, 3.05) is 13.1 Å². The van der Waals surface area contributed by atoms with Crippen molar-refractivity contribution in [1.82, 2.24) is 5.32 Å². The third-order valence-electron chi connectivity index (χ3n) is 1.25. The van der Waals surface area contributed by atoms with Gasteiger partial charge in [0.25, 0.3) is 0 Å². The van der Waals surface area contributed by atoms with Crippen LogP contribution < -0.4 is 5.32 Å². The average molecular weight is 150 g/mol. The molecule has 0 radical (unpaired) electrons. The van der Waals surface area contributed by atoms with E-state index in [4.69, 9.17) is 4.89 Å². The summed E-state index contributed by atoms with van der Waals surface area (Å²) in [5.74, 6) is 0. The number of hydrogen-bond donors (Lipinski definition) is 2. The van der Waals surface area contributed by atoms with Crippen LogP contribution >= 0.6 is 8.25 Å². The van der Waals surface area contributed by atoms with Crippen LogP contribution in [0.3, 0.4) is 0 Å². The second-order valence-corrected chi connectivity index (χ2v) is 2.64. The Morgan fingerprint density at radius 1 is 1.78 bits per heavy atom. The molecule has 5 heteroatoms. The van der Waals surface area contributed by atoms with Crippen molar-refractivity contribution in [1.29, 1.82) is 0 Å². The lowest BCUT2D eigenvalue weighted by Crippen LogP contribution is -2.13. The predicted molar refractivity (Wildman–Crippen MR) is 32.2 cm³/mol. The summed E-state index contributed by atoms with van der Waals surface area (Å²) in [6.07, 6.45) is 0.778. The van der Waals surface area contributed by atoms with Crippen molar-refractivity contribution in [2.24, 2.45) is 0 Å². The van der Waals surface area contributed by atoms with Gasteiger partial charge in [0.1, 0.15) is 6.10 Å². The Morgan fingerprint density at radius 3 is 3.00 bits per heavy atom. The lowest BCUT2D eigenvalue weighted by molar-refractivity contribution is 0.206. The summed E-state index contributed by atoms with van der Waals surface area (Å²) in [5.41, 5.74) is 0. The monoisotopic (exact) mass is 150 g/mol. The Kier molecular flexibility index (Phi) is 2.54. The molecule has 2 N–H and O–H groups in total. The molecule has 0 aromatic carbocycles. The maximum atomic E-state index is 10.1. The van der Waals surface area contributed by atoms with E-state index in [9.17, 15) is 4.57 Å². The van der Waals surface area contributed by atoms with Crippen LogP contribution in [0.1, 0.15) is 6.42 Å². The van der Waals surface area contributed by atoms with Gasteiger partial charge in [0, 0.05) is 11.1 Å². The van der Waals surface area contributed by atoms with Gasteiger partial charge in [0.15, 0.2) is 0 Å². The first kappa shape index (κ1) is 7.09. The molecule has 1 fully saturated rings. The van der Waals surface area contributed by atoms with Gasteiger partial charge >= 0.3 is 8.25 Å². The van der Waals surface area contributed by atoms with Gasteiger partial charge in [0.05, 0.1) is 0 Å². The highest BCUT2D eigenvalue weighted by molar-refractivity contribution is 7.32. The molecule has 0 aliphatic carbocycles. The zero-order valence-corrected chi connectivity index (χ0v) is 5.80. The lowest BCUT2D eigenvalue weighted by atomic mass is 10.3. The second kappa shape index (κ2) is 3.22. The molecule has 2 atom stereocenters. The third kappa shape index (κ3) is 2.37. The first-order chi connectivity index (χ1) is 4.29. The highest BCUT2D eigenvalue weighted by Gasteiger charge is 2.25. The number of nitrogens with one attached hydrogen (secondary N) is 1. The van der Waals surface area contributed by atoms with E-state index in [0.29, 0.717) is 6.54 Å². The van der Waals surface area contributed by atoms with Crippen LogP contribution in [0.15, 0.2) is 0 Å². The van der Waals surface area contributed by atoms with Crippen LogP contribution in [0.5, 0.6) is 0 Å². The minimum atomic E-state index is -2.40. The Hall–Kier alpha value is -0.0200. The van der Waals surface area contributed by atoms with Crippen molar-refractivity contribution in [2.45, 2.75) is 12.5 Å². The van der Waals surface area contributed by atoms with Crippen LogP contribution in [0.4, 0.5) is 0 Å². The van der Waals surface area contributed by atoms with Gasteiger partial charge in [0.2, 0.25) is 0 Å². The molecule has 2 unspecified atom stereocenters. The van der Waals surface area contributed by atoms with Crippen LogP contribution in [0.25, 0.3) is 0 Å². The molecule has 52 valence electrons. The zero-order valence-electron chi connectivity index (χ0n) is 4.91. The average Bonchev–Trinajstić information content (AvgIpc) is 2.15. The Morgan fingerprint density at radius 2 is 2.56 bits per heavy atom. The highest BCUT2D eigenvalue weighted by Crippen LogP contribution is 2.20. The molecule has 1 aliphatic rings. The molecular weight excluding hydrogens is 141 g/mol. The molecule has 0 aromatic rings. The molecule has 0 aromatic heterocycles. The standard InChI is InChI=1S/C4H8NO3P/c6-9(7)8-4-1-2-5-3-4/h4-5H,1-3H2/p+1. The lowest BCUT2D eigenvalue weighted by Gasteiger charge is -1.93. The largest absolute Gasteiger partial charge is 0.695 e. The van der Waals surface area contributed by atoms with E-state index >= 15 is 0 Å². The topological polar surface area (TPSA) is 58.6 Å². The molecule has 1 rings (SSSR count). The van der Waals surface area contributed by atoms with Gasteiger partial charge in [-0.25, -0.2) is 0 Å². The molecular formula is C4H9NO3P+. The molecule has 1 saturated heterocycles. The molecule has 4 nitrogen and oxygen atoms in total. The van der Waals surface area contributed by atoms with E-state index in [0.717, 1.165) is 13.0 Å². The van der Waals surface area contributed by atoms with Crippen LogP contribution in [0, 0.1) is 0 Å². The van der Waals surface area contributed by atoms with Crippen LogP contribution in [-0.4, -0.2) is 24.1 Å². The quantitative estimate of drug-likeness (QED) is 0.544. The molecule has 0 saturated carbocycles. The van der Waals surface area contributed by atoms with Crippen molar-refractivity contribution in [3.63, 3.8) is 0 Å². The van der Waals surface area contributed by atoms with E-state index in [1.165, 1.54) is 0 Å². The van der Waals surface area contributed by atoms with Gasteiger partial charge < -0.3 is 5.32 Å². The minimum absolute atomic E-state index is 0.0568. The summed E-state index contributed by atoms with van der Waals surface area (Å²) in [5, 5.41) is 3.01. The van der Waals surface area contributed by atoms with E-state index in [1.54, 1.807) is 0 Å². The molecule has 1 heterocycles. The normalized spacial score (nSPS) is 28.6. The first-order valence-corrected chi connectivity index (χ1v) is 3.95. The van der Waals surface area contributed by atoms with Crippen molar-refractivity contribution >= 4 is 8.25 Å². The fourth-order valence-electron chi connectivity index (χ4n) is 0.846. The molecule has 1 aliphatic heterocycles. The van der Waals surface area contributed by atoms with E-state index in [-0.39, 0.29) is 6.10 Å². The maximum absolute atomic E-state index is 10.1. The maximum Gasteiger partial charge on any atom is 0.695 e. The summed E-state index contributed by atoms with van der Waals surface area (Å²) in [7, 11) is -2.40. The second-order valence-electron chi connectivity index (χ2n) is 1.96. The van der Waals surface area contributed by atoms with Crippen LogP contribution in [0.2, 0.25) is 0 Å². The SMILES string of the molecule is O=[P+](O)OC1CCNC1. The third-order valence-corrected chi connectivity index (χ3v) is 1.73. The van der Waals surface area contributed by atoms with Crippen molar-refractivity contribution < 1.29 is 14.0 Å². The van der Waals surface area contributed by atoms with Crippen LogP contribution in [-0.2, 0) is 9.09 Å². The van der Waals surface area contributed by atoms with E-state index in [1.807, 2.05) is 0 Å². The number of hydrogen-bond acceptors (Lipinski definition) is 3. The predicted octanol–water partition coefficient (Wildman–Crippen LogP) is 0.0146. The highest BCUT2D eigenvalue weighted by atomic mass is 31.1. The Balaban J connectivity index is 2.19. The van der Waals surface area contributed by atoms with Gasteiger partial charge in [-0.2, -0.15) is 0 Å². The molecule has 0 amide bonds. The van der Waals surface area contributed by atoms with Gasteiger partial charge in [-0.1, -0.05) is 0 Å². The minimum Gasteiger partial charge on any atom is -0.314 e. The van der Waals surface area contributed by atoms with E-state index < -0.39 is 8.25 Å². The van der Waals surface area contributed by atoms with Crippen molar-refractivity contribution in [3.8, 4) is 0 Å². The first-order valence-electron chi connectivity index (χ1n) is 2.82. The smallest absolute Gasteiger partial charge is 0.314 e. The zero-order chi connectivity index (χ0) is 6.69. The van der Waals surface area contributed by atoms with E-state index in [2.05, 4.69) is 9.84 Å². The summed E-state index contributed by atoms with van der Waals surface area (Å²) < 4.78 is 14.7. The number of rotatable bonds is 2. The fraction of sp³-hybridized carbons (Fsp3) is 1.00. The molecule has 9 heavy (non-hydrogen) atoms.